The number of hydrogen-bond acceptors (Lipinski definition) is 7. The van der Waals surface area contributed by atoms with Crippen molar-refractivity contribution in [3.05, 3.63) is 71.0 Å². The summed E-state index contributed by atoms with van der Waals surface area (Å²) in [6.07, 6.45) is 3.21. The second-order valence-electron chi connectivity index (χ2n) is 7.31. The largest absolute Gasteiger partial charge is 0.384 e. The second kappa shape index (κ2) is 10.6. The molecule has 0 saturated carbocycles. The van der Waals surface area contributed by atoms with Crippen LogP contribution in [0.5, 0.6) is 0 Å². The number of likely N-dealkylation sites (N-methyl/N-ethyl adjacent to an activating group) is 1. The van der Waals surface area contributed by atoms with Gasteiger partial charge in [0.15, 0.2) is 0 Å². The summed E-state index contributed by atoms with van der Waals surface area (Å²) in [6.45, 7) is 0.644. The summed E-state index contributed by atoms with van der Waals surface area (Å²) in [5.41, 5.74) is 7.90. The highest BCUT2D eigenvalue weighted by Gasteiger charge is 2.14. The van der Waals surface area contributed by atoms with Crippen LogP contribution >= 0.6 is 11.6 Å². The summed E-state index contributed by atoms with van der Waals surface area (Å²) in [6, 6.07) is 11.8. The molecule has 166 valence electrons. The molecule has 0 bridgehead atoms. The molecule has 2 aromatic heterocycles. The molecule has 3 rings (SSSR count). The maximum Gasteiger partial charge on any atom is 0.259 e. The van der Waals surface area contributed by atoms with Crippen LogP contribution < -0.4 is 21.7 Å². The zero-order valence-corrected chi connectivity index (χ0v) is 18.5. The van der Waals surface area contributed by atoms with Crippen molar-refractivity contribution in [1.29, 1.82) is 0 Å². The van der Waals surface area contributed by atoms with Crippen LogP contribution in [0.3, 0.4) is 0 Å². The van der Waals surface area contributed by atoms with E-state index >= 15 is 0 Å². The summed E-state index contributed by atoms with van der Waals surface area (Å²) in [7, 11) is 3.60. The SMILES string of the molecule is CN(C)CC(=O)Nc1cc(Cl)cc(NC(=O)c2cccnc2NCc2ccnc(N)c2)c1. The van der Waals surface area contributed by atoms with Crippen molar-refractivity contribution in [3.8, 4) is 0 Å². The van der Waals surface area contributed by atoms with Gasteiger partial charge in [0.05, 0.1) is 12.1 Å². The van der Waals surface area contributed by atoms with Crippen LogP contribution in [0.1, 0.15) is 15.9 Å². The molecular weight excluding hydrogens is 430 g/mol. The summed E-state index contributed by atoms with van der Waals surface area (Å²) < 4.78 is 0. The number of nitrogens with two attached hydrogens (primary N) is 1. The fourth-order valence-electron chi connectivity index (χ4n) is 2.94. The highest BCUT2D eigenvalue weighted by Crippen LogP contribution is 2.24. The van der Waals surface area contributed by atoms with Crippen LogP contribution in [0.4, 0.5) is 23.0 Å². The van der Waals surface area contributed by atoms with Gasteiger partial charge in [-0.1, -0.05) is 11.6 Å². The number of anilines is 4. The molecule has 0 atom stereocenters. The molecule has 0 aliphatic heterocycles. The minimum absolute atomic E-state index is 0.190. The van der Waals surface area contributed by atoms with Crippen LogP contribution in [-0.4, -0.2) is 47.3 Å². The van der Waals surface area contributed by atoms with Crippen molar-refractivity contribution in [2.75, 3.05) is 42.3 Å². The van der Waals surface area contributed by atoms with E-state index in [9.17, 15) is 9.59 Å². The lowest BCUT2D eigenvalue weighted by atomic mass is 10.2. The molecule has 0 spiro atoms. The van der Waals surface area contributed by atoms with Gasteiger partial charge in [-0.25, -0.2) is 9.97 Å². The number of rotatable bonds is 8. The number of pyridine rings is 2. The van der Waals surface area contributed by atoms with Gasteiger partial charge in [0.25, 0.3) is 5.91 Å². The number of benzene rings is 1. The van der Waals surface area contributed by atoms with E-state index in [0.29, 0.717) is 40.1 Å². The molecule has 2 amide bonds. The normalized spacial score (nSPS) is 10.6. The fourth-order valence-corrected chi connectivity index (χ4v) is 3.17. The number of hydrogen-bond donors (Lipinski definition) is 4. The third kappa shape index (κ3) is 6.66. The Hall–Kier alpha value is -3.69. The van der Waals surface area contributed by atoms with Crippen molar-refractivity contribution in [1.82, 2.24) is 14.9 Å². The molecule has 0 aliphatic carbocycles. The van der Waals surface area contributed by atoms with Crippen LogP contribution in [0.2, 0.25) is 5.02 Å². The Labute approximate surface area is 191 Å². The Morgan fingerprint density at radius 1 is 1.03 bits per heavy atom. The standard InChI is InChI=1S/C22H24ClN7O2/c1-30(2)13-20(31)28-16-9-15(23)10-17(11-16)29-22(32)18-4-3-6-26-21(18)27-12-14-5-7-25-19(24)8-14/h3-11H,12-13H2,1-2H3,(H2,24,25)(H,26,27)(H,28,31)(H,29,32). The predicted molar refractivity (Wildman–Crippen MR) is 127 cm³/mol. The molecule has 1 aromatic carbocycles. The van der Waals surface area contributed by atoms with E-state index in [1.165, 1.54) is 0 Å². The van der Waals surface area contributed by atoms with E-state index < -0.39 is 0 Å². The fraction of sp³-hybridized carbons (Fsp3) is 0.182. The first-order valence-electron chi connectivity index (χ1n) is 9.76. The second-order valence-corrected chi connectivity index (χ2v) is 7.75. The molecule has 0 saturated heterocycles. The first-order valence-corrected chi connectivity index (χ1v) is 10.1. The van der Waals surface area contributed by atoms with Crippen molar-refractivity contribution in [2.45, 2.75) is 6.54 Å². The third-order valence-electron chi connectivity index (χ3n) is 4.26. The highest BCUT2D eigenvalue weighted by molar-refractivity contribution is 6.31. The Morgan fingerprint density at radius 2 is 1.78 bits per heavy atom. The van der Waals surface area contributed by atoms with Gasteiger partial charge in [-0.05, 0) is 62.1 Å². The number of amides is 2. The van der Waals surface area contributed by atoms with Gasteiger partial charge in [-0.2, -0.15) is 0 Å². The predicted octanol–water partition coefficient (Wildman–Crippen LogP) is 3.08. The number of nitrogen functional groups attached to an aromatic ring is 1. The van der Waals surface area contributed by atoms with Crippen molar-refractivity contribution >= 4 is 46.4 Å². The summed E-state index contributed by atoms with van der Waals surface area (Å²) in [4.78, 5) is 35.0. The molecule has 0 unspecified atom stereocenters. The molecule has 32 heavy (non-hydrogen) atoms. The molecule has 5 N–H and O–H groups in total. The lowest BCUT2D eigenvalue weighted by Gasteiger charge is -2.13. The molecule has 0 radical (unpaired) electrons. The van der Waals surface area contributed by atoms with Gasteiger partial charge < -0.3 is 26.6 Å². The topological polar surface area (TPSA) is 125 Å². The third-order valence-corrected chi connectivity index (χ3v) is 4.48. The van der Waals surface area contributed by atoms with Crippen molar-refractivity contribution in [2.24, 2.45) is 0 Å². The number of aromatic nitrogens is 2. The number of nitrogens with one attached hydrogen (secondary N) is 3. The Balaban J connectivity index is 1.72. The molecule has 9 nitrogen and oxygen atoms in total. The van der Waals surface area contributed by atoms with Gasteiger partial charge >= 0.3 is 0 Å². The van der Waals surface area contributed by atoms with Gasteiger partial charge in [-0.3, -0.25) is 9.59 Å². The van der Waals surface area contributed by atoms with E-state index in [2.05, 4.69) is 25.9 Å². The van der Waals surface area contributed by atoms with E-state index in [-0.39, 0.29) is 18.4 Å². The molecule has 10 heteroatoms. The van der Waals surface area contributed by atoms with Gasteiger partial charge in [-0.15, -0.1) is 0 Å². The number of carbonyl (C=O) groups is 2. The van der Waals surface area contributed by atoms with Crippen LogP contribution in [0.15, 0.2) is 54.9 Å². The van der Waals surface area contributed by atoms with Gasteiger partial charge in [0, 0.05) is 35.3 Å². The zero-order chi connectivity index (χ0) is 23.1. The Bertz CT molecular complexity index is 1120. The lowest BCUT2D eigenvalue weighted by molar-refractivity contribution is -0.116. The molecular formula is C22H24ClN7O2. The first-order chi connectivity index (χ1) is 15.3. The van der Waals surface area contributed by atoms with Crippen molar-refractivity contribution in [3.63, 3.8) is 0 Å². The summed E-state index contributed by atoms with van der Waals surface area (Å²) >= 11 is 6.18. The van der Waals surface area contributed by atoms with Gasteiger partial charge in [0.2, 0.25) is 5.91 Å². The molecule has 0 fully saturated rings. The summed E-state index contributed by atoms with van der Waals surface area (Å²) in [5.74, 6) is 0.271. The maximum atomic E-state index is 12.9. The number of halogens is 1. The van der Waals surface area contributed by atoms with E-state index in [0.717, 1.165) is 5.56 Å². The number of nitrogens with zero attached hydrogens (tertiary/aromatic N) is 3. The summed E-state index contributed by atoms with van der Waals surface area (Å²) in [5, 5.41) is 9.10. The molecule has 2 heterocycles. The average Bonchev–Trinajstić information content (AvgIpc) is 2.71. The van der Waals surface area contributed by atoms with Crippen LogP contribution in [-0.2, 0) is 11.3 Å². The number of carbonyl (C=O) groups excluding carboxylic acids is 2. The molecule has 3 aromatic rings. The quantitative estimate of drug-likeness (QED) is 0.413. The maximum absolute atomic E-state index is 12.9. The van der Waals surface area contributed by atoms with E-state index in [4.69, 9.17) is 17.3 Å². The highest BCUT2D eigenvalue weighted by atomic mass is 35.5. The van der Waals surface area contributed by atoms with E-state index in [1.807, 2.05) is 6.07 Å². The average molecular weight is 454 g/mol. The Kier molecular flexibility index (Phi) is 7.58. The lowest BCUT2D eigenvalue weighted by Crippen LogP contribution is -2.27. The zero-order valence-electron chi connectivity index (χ0n) is 17.7. The first kappa shape index (κ1) is 23.0. The van der Waals surface area contributed by atoms with Gasteiger partial charge in [0.1, 0.15) is 11.6 Å². The van der Waals surface area contributed by atoms with Crippen molar-refractivity contribution < 1.29 is 9.59 Å². The van der Waals surface area contributed by atoms with E-state index in [1.54, 1.807) is 67.8 Å². The minimum atomic E-state index is -0.373. The smallest absolute Gasteiger partial charge is 0.259 e. The monoisotopic (exact) mass is 453 g/mol. The Morgan fingerprint density at radius 3 is 2.50 bits per heavy atom. The van der Waals surface area contributed by atoms with Crippen LogP contribution in [0, 0.1) is 0 Å². The minimum Gasteiger partial charge on any atom is -0.384 e. The van der Waals surface area contributed by atoms with Crippen LogP contribution in [0.25, 0.3) is 0 Å². The molecule has 0 aliphatic rings.